The first-order valence-corrected chi connectivity index (χ1v) is 12.6. The number of rotatable bonds is 4. The van der Waals surface area contributed by atoms with Crippen LogP contribution < -0.4 is 5.32 Å². The van der Waals surface area contributed by atoms with E-state index in [1.54, 1.807) is 18.2 Å². The van der Waals surface area contributed by atoms with Gasteiger partial charge in [0.2, 0.25) is 5.91 Å². The number of fused-ring (bicyclic) bond motifs is 2. The van der Waals surface area contributed by atoms with Crippen molar-refractivity contribution in [3.05, 3.63) is 95.7 Å². The van der Waals surface area contributed by atoms with Crippen LogP contribution in [-0.4, -0.2) is 25.1 Å². The predicted molar refractivity (Wildman–Crippen MR) is 130 cm³/mol. The molecular formula is C27H24N2O3S. The highest BCUT2D eigenvalue weighted by atomic mass is 32.2. The molecule has 4 aromatic rings. The first kappa shape index (κ1) is 21.3. The van der Waals surface area contributed by atoms with Gasteiger partial charge in [-0.15, -0.1) is 0 Å². The second-order valence-electron chi connectivity index (χ2n) is 8.38. The smallest absolute Gasteiger partial charge is 0.224 e. The SMILES string of the molecule is Cc1nc2ccccc2c(-c2ccccc2)c1CC(=O)NC1CCS(=O)(=O)c2ccccc21. The van der Waals surface area contributed by atoms with Crippen LogP contribution in [0.15, 0.2) is 83.8 Å². The summed E-state index contributed by atoms with van der Waals surface area (Å²) >= 11 is 0. The van der Waals surface area contributed by atoms with Crippen LogP contribution in [0.5, 0.6) is 0 Å². The maximum absolute atomic E-state index is 13.2. The highest BCUT2D eigenvalue weighted by Crippen LogP contribution is 2.34. The van der Waals surface area contributed by atoms with Crippen LogP contribution in [0.4, 0.5) is 0 Å². The molecule has 5 nitrogen and oxygen atoms in total. The lowest BCUT2D eigenvalue weighted by molar-refractivity contribution is -0.121. The molecule has 0 fully saturated rings. The summed E-state index contributed by atoms with van der Waals surface area (Å²) in [6, 6.07) is 24.6. The van der Waals surface area contributed by atoms with Gasteiger partial charge in [0.25, 0.3) is 0 Å². The van der Waals surface area contributed by atoms with E-state index in [2.05, 4.69) is 5.32 Å². The molecule has 0 saturated carbocycles. The molecule has 1 N–H and O–H groups in total. The fourth-order valence-electron chi connectivity index (χ4n) is 4.67. The third kappa shape index (κ3) is 4.02. The number of hydrogen-bond acceptors (Lipinski definition) is 4. The van der Waals surface area contributed by atoms with Crippen molar-refractivity contribution in [2.45, 2.75) is 30.7 Å². The van der Waals surface area contributed by atoms with Crippen molar-refractivity contribution in [3.63, 3.8) is 0 Å². The Morgan fingerprint density at radius 3 is 2.48 bits per heavy atom. The van der Waals surface area contributed by atoms with E-state index in [0.717, 1.165) is 33.3 Å². The number of aryl methyl sites for hydroxylation is 1. The third-order valence-electron chi connectivity index (χ3n) is 6.24. The van der Waals surface area contributed by atoms with Gasteiger partial charge in [-0.1, -0.05) is 66.7 Å². The van der Waals surface area contributed by atoms with E-state index >= 15 is 0 Å². The van der Waals surface area contributed by atoms with Gasteiger partial charge in [-0.2, -0.15) is 0 Å². The average molecular weight is 457 g/mol. The molecule has 166 valence electrons. The molecule has 5 rings (SSSR count). The molecule has 0 radical (unpaired) electrons. The van der Waals surface area contributed by atoms with Crippen molar-refractivity contribution in [2.75, 3.05) is 5.75 Å². The fourth-order valence-corrected chi connectivity index (χ4v) is 6.29. The molecule has 33 heavy (non-hydrogen) atoms. The highest BCUT2D eigenvalue weighted by molar-refractivity contribution is 7.91. The number of para-hydroxylation sites is 1. The lowest BCUT2D eigenvalue weighted by Crippen LogP contribution is -2.35. The standard InChI is InChI=1S/C27H24N2O3S/c1-18-22(27(19-9-3-2-4-10-19)21-12-5-7-13-23(21)28-18)17-26(30)29-24-15-16-33(31,32)25-14-8-6-11-20(24)25/h2-14,24H,15-17H2,1H3,(H,29,30). The van der Waals surface area contributed by atoms with Gasteiger partial charge < -0.3 is 5.32 Å². The van der Waals surface area contributed by atoms with E-state index in [9.17, 15) is 13.2 Å². The summed E-state index contributed by atoms with van der Waals surface area (Å²) in [5, 5.41) is 4.09. The Labute approximate surface area is 193 Å². The maximum atomic E-state index is 13.2. The lowest BCUT2D eigenvalue weighted by atomic mass is 9.92. The summed E-state index contributed by atoms with van der Waals surface area (Å²) in [7, 11) is -3.30. The van der Waals surface area contributed by atoms with Gasteiger partial charge >= 0.3 is 0 Å². The van der Waals surface area contributed by atoms with E-state index in [4.69, 9.17) is 4.98 Å². The number of sulfone groups is 1. The number of pyridine rings is 1. The van der Waals surface area contributed by atoms with E-state index in [0.29, 0.717) is 16.9 Å². The Balaban J connectivity index is 1.51. The average Bonchev–Trinajstić information content (AvgIpc) is 2.82. The number of carbonyl (C=O) groups is 1. The van der Waals surface area contributed by atoms with Gasteiger partial charge in [0.15, 0.2) is 9.84 Å². The highest BCUT2D eigenvalue weighted by Gasteiger charge is 2.31. The van der Waals surface area contributed by atoms with Crippen molar-refractivity contribution in [2.24, 2.45) is 0 Å². The Hall–Kier alpha value is -3.51. The first-order valence-electron chi connectivity index (χ1n) is 11.0. The van der Waals surface area contributed by atoms with Crippen molar-refractivity contribution in [1.82, 2.24) is 10.3 Å². The minimum Gasteiger partial charge on any atom is -0.349 e. The number of carbonyl (C=O) groups excluding carboxylic acids is 1. The van der Waals surface area contributed by atoms with Crippen molar-refractivity contribution >= 4 is 26.6 Å². The monoisotopic (exact) mass is 456 g/mol. The minimum absolute atomic E-state index is 0.0286. The number of amides is 1. The largest absolute Gasteiger partial charge is 0.349 e. The minimum atomic E-state index is -3.30. The van der Waals surface area contributed by atoms with E-state index in [-0.39, 0.29) is 24.1 Å². The summed E-state index contributed by atoms with van der Waals surface area (Å²) < 4.78 is 24.9. The van der Waals surface area contributed by atoms with Gasteiger partial charge in [0.05, 0.1) is 28.6 Å². The van der Waals surface area contributed by atoms with E-state index in [1.807, 2.05) is 67.6 Å². The molecule has 3 aromatic carbocycles. The quantitative estimate of drug-likeness (QED) is 0.479. The molecule has 0 aliphatic carbocycles. The zero-order chi connectivity index (χ0) is 23.0. The van der Waals surface area contributed by atoms with Gasteiger partial charge in [-0.3, -0.25) is 9.78 Å². The normalized spacial score (nSPS) is 16.8. The summed E-state index contributed by atoms with van der Waals surface area (Å²) in [5.41, 5.74) is 5.30. The number of nitrogens with zero attached hydrogens (tertiary/aromatic N) is 1. The topological polar surface area (TPSA) is 76.1 Å². The second-order valence-corrected chi connectivity index (χ2v) is 10.5. The van der Waals surface area contributed by atoms with Crippen LogP contribution in [0, 0.1) is 6.92 Å². The van der Waals surface area contributed by atoms with E-state index < -0.39 is 9.84 Å². The van der Waals surface area contributed by atoms with Crippen LogP contribution in [0.2, 0.25) is 0 Å². The van der Waals surface area contributed by atoms with Crippen LogP contribution in [-0.2, 0) is 21.1 Å². The molecule has 1 aromatic heterocycles. The molecule has 0 bridgehead atoms. The summed E-state index contributed by atoms with van der Waals surface area (Å²) in [4.78, 5) is 18.3. The second kappa shape index (κ2) is 8.45. The van der Waals surface area contributed by atoms with Gasteiger partial charge in [0.1, 0.15) is 0 Å². The molecule has 0 saturated heterocycles. The molecule has 6 heteroatoms. The Bertz CT molecular complexity index is 1460. The van der Waals surface area contributed by atoms with E-state index in [1.165, 1.54) is 0 Å². The van der Waals surface area contributed by atoms with Crippen LogP contribution in [0.3, 0.4) is 0 Å². The third-order valence-corrected chi connectivity index (χ3v) is 8.05. The number of hydrogen-bond donors (Lipinski definition) is 1. The molecular weight excluding hydrogens is 432 g/mol. The van der Waals surface area contributed by atoms with Gasteiger partial charge in [0, 0.05) is 11.1 Å². The zero-order valence-electron chi connectivity index (χ0n) is 18.3. The molecule has 1 unspecified atom stereocenters. The summed E-state index contributed by atoms with van der Waals surface area (Å²) in [6.07, 6.45) is 0.533. The maximum Gasteiger partial charge on any atom is 0.224 e. The van der Waals surface area contributed by atoms with Gasteiger partial charge in [-0.05, 0) is 47.7 Å². The number of nitrogens with one attached hydrogen (secondary N) is 1. The van der Waals surface area contributed by atoms with Crippen molar-refractivity contribution in [1.29, 1.82) is 0 Å². The Morgan fingerprint density at radius 1 is 0.970 bits per heavy atom. The number of benzene rings is 3. The van der Waals surface area contributed by atoms with Crippen LogP contribution >= 0.6 is 0 Å². The van der Waals surface area contributed by atoms with Crippen LogP contribution in [0.1, 0.15) is 29.3 Å². The molecule has 1 aliphatic heterocycles. The van der Waals surface area contributed by atoms with Crippen LogP contribution in [0.25, 0.3) is 22.0 Å². The number of aromatic nitrogens is 1. The molecule has 2 heterocycles. The summed E-state index contributed by atoms with van der Waals surface area (Å²) in [5.74, 6) is -0.118. The summed E-state index contributed by atoms with van der Waals surface area (Å²) in [6.45, 7) is 1.93. The van der Waals surface area contributed by atoms with Crippen molar-refractivity contribution < 1.29 is 13.2 Å². The lowest BCUT2D eigenvalue weighted by Gasteiger charge is -2.26. The molecule has 0 spiro atoms. The predicted octanol–water partition coefficient (Wildman–Crippen LogP) is 4.79. The van der Waals surface area contributed by atoms with Crippen molar-refractivity contribution in [3.8, 4) is 11.1 Å². The molecule has 1 atom stereocenters. The molecule has 1 amide bonds. The fraction of sp³-hybridized carbons (Fsp3) is 0.185. The van der Waals surface area contributed by atoms with Gasteiger partial charge in [-0.25, -0.2) is 8.42 Å². The zero-order valence-corrected chi connectivity index (χ0v) is 19.1. The first-order chi connectivity index (χ1) is 15.9. The molecule has 1 aliphatic rings. The Kier molecular flexibility index (Phi) is 5.46. The Morgan fingerprint density at radius 2 is 1.67 bits per heavy atom.